The van der Waals surface area contributed by atoms with Gasteiger partial charge in [-0.2, -0.15) is 4.98 Å². The third-order valence-corrected chi connectivity index (χ3v) is 3.55. The highest BCUT2D eigenvalue weighted by molar-refractivity contribution is 9.10. The number of rotatable bonds is 5. The second-order valence-electron chi connectivity index (χ2n) is 3.79. The quantitative estimate of drug-likeness (QED) is 0.850. The summed E-state index contributed by atoms with van der Waals surface area (Å²) in [6, 6.07) is 0. The number of nitrogens with zero attached hydrogens (tertiary/aromatic N) is 2. The lowest BCUT2D eigenvalue weighted by Gasteiger charge is -2.10. The lowest BCUT2D eigenvalue weighted by Crippen LogP contribution is -2.17. The second-order valence-corrected chi connectivity index (χ2v) is 5.20. The van der Waals surface area contributed by atoms with Crippen molar-refractivity contribution in [2.45, 2.75) is 18.2 Å². The molecule has 0 bridgehead atoms. The standard InChI is InChI=1S/C10H13BrClN3O/c1-16-9-7(11)4-13-10(15-9)14-5-8(12)6-2-3-6/h4,6,8H,2-3,5H2,1H3,(H,13,14,15). The molecule has 1 fully saturated rings. The third kappa shape index (κ3) is 2.98. The van der Waals surface area contributed by atoms with Crippen LogP contribution in [-0.4, -0.2) is 29.0 Å². The van der Waals surface area contributed by atoms with Crippen molar-refractivity contribution in [2.75, 3.05) is 19.0 Å². The Bertz CT molecular complexity index is 373. The van der Waals surface area contributed by atoms with Crippen molar-refractivity contribution >= 4 is 33.5 Å². The summed E-state index contributed by atoms with van der Waals surface area (Å²) in [5, 5.41) is 3.28. The summed E-state index contributed by atoms with van der Waals surface area (Å²) in [5.74, 6) is 1.73. The number of hydrogen-bond donors (Lipinski definition) is 1. The predicted molar refractivity (Wildman–Crippen MR) is 67.1 cm³/mol. The molecule has 1 aliphatic carbocycles. The molecular weight excluding hydrogens is 293 g/mol. The molecule has 0 aliphatic heterocycles. The van der Waals surface area contributed by atoms with E-state index in [1.165, 1.54) is 12.8 Å². The van der Waals surface area contributed by atoms with Crippen molar-refractivity contribution in [3.63, 3.8) is 0 Å². The first kappa shape index (κ1) is 11.9. The Balaban J connectivity index is 1.93. The minimum atomic E-state index is 0.165. The fourth-order valence-corrected chi connectivity index (χ4v) is 2.08. The highest BCUT2D eigenvalue weighted by Gasteiger charge is 2.29. The number of halogens is 2. The average molecular weight is 307 g/mol. The Morgan fingerprint density at radius 1 is 1.69 bits per heavy atom. The molecule has 0 amide bonds. The van der Waals surface area contributed by atoms with Gasteiger partial charge in [0.15, 0.2) is 0 Å². The summed E-state index contributed by atoms with van der Waals surface area (Å²) >= 11 is 9.47. The topological polar surface area (TPSA) is 47.0 Å². The van der Waals surface area contributed by atoms with Crippen LogP contribution in [0.2, 0.25) is 0 Å². The number of hydrogen-bond acceptors (Lipinski definition) is 4. The lowest BCUT2D eigenvalue weighted by atomic mass is 10.3. The molecule has 1 heterocycles. The molecule has 1 aromatic rings. The molecule has 4 nitrogen and oxygen atoms in total. The van der Waals surface area contributed by atoms with Gasteiger partial charge >= 0.3 is 0 Å². The molecular formula is C10H13BrClN3O. The van der Waals surface area contributed by atoms with Crippen LogP contribution in [0.15, 0.2) is 10.7 Å². The number of nitrogens with one attached hydrogen (secondary N) is 1. The minimum absolute atomic E-state index is 0.165. The largest absolute Gasteiger partial charge is 0.480 e. The zero-order valence-corrected chi connectivity index (χ0v) is 11.3. The molecule has 1 N–H and O–H groups in total. The maximum atomic E-state index is 6.17. The fourth-order valence-electron chi connectivity index (χ4n) is 1.39. The predicted octanol–water partition coefficient (Wildman–Crippen LogP) is 2.68. The van der Waals surface area contributed by atoms with E-state index in [2.05, 4.69) is 31.2 Å². The van der Waals surface area contributed by atoms with Crippen LogP contribution in [0, 0.1) is 5.92 Å². The van der Waals surface area contributed by atoms with E-state index in [-0.39, 0.29) is 5.38 Å². The van der Waals surface area contributed by atoms with Crippen LogP contribution in [0.4, 0.5) is 5.95 Å². The Kier molecular flexibility index (Phi) is 3.86. The van der Waals surface area contributed by atoms with E-state index >= 15 is 0 Å². The summed E-state index contributed by atoms with van der Waals surface area (Å²) in [7, 11) is 1.57. The lowest BCUT2D eigenvalue weighted by molar-refractivity contribution is 0.394. The van der Waals surface area contributed by atoms with Crippen LogP contribution >= 0.6 is 27.5 Å². The van der Waals surface area contributed by atoms with Gasteiger partial charge < -0.3 is 10.1 Å². The maximum Gasteiger partial charge on any atom is 0.232 e. The van der Waals surface area contributed by atoms with E-state index in [0.717, 1.165) is 4.47 Å². The normalized spacial score (nSPS) is 16.9. The van der Waals surface area contributed by atoms with Crippen LogP contribution in [0.3, 0.4) is 0 Å². The van der Waals surface area contributed by atoms with Crippen molar-refractivity contribution in [1.29, 1.82) is 0 Å². The van der Waals surface area contributed by atoms with E-state index in [1.54, 1.807) is 13.3 Å². The molecule has 16 heavy (non-hydrogen) atoms. The first-order valence-corrected chi connectivity index (χ1v) is 6.38. The summed E-state index contributed by atoms with van der Waals surface area (Å²) in [4.78, 5) is 8.32. The molecule has 0 spiro atoms. The molecule has 1 aliphatic rings. The van der Waals surface area contributed by atoms with Crippen molar-refractivity contribution in [2.24, 2.45) is 5.92 Å². The molecule has 1 atom stereocenters. The highest BCUT2D eigenvalue weighted by atomic mass is 79.9. The van der Waals surface area contributed by atoms with Gasteiger partial charge in [0.25, 0.3) is 0 Å². The second kappa shape index (κ2) is 5.19. The number of aromatic nitrogens is 2. The molecule has 0 aromatic carbocycles. The van der Waals surface area contributed by atoms with E-state index in [9.17, 15) is 0 Å². The van der Waals surface area contributed by atoms with Gasteiger partial charge in [-0.15, -0.1) is 11.6 Å². The summed E-state index contributed by atoms with van der Waals surface area (Å²) < 4.78 is 5.82. The molecule has 1 unspecified atom stereocenters. The summed E-state index contributed by atoms with van der Waals surface area (Å²) in [6.07, 6.45) is 4.13. The number of ether oxygens (including phenoxy) is 1. The Hall–Kier alpha value is -0.550. The van der Waals surface area contributed by atoms with Crippen LogP contribution in [0.5, 0.6) is 5.88 Å². The smallest absolute Gasteiger partial charge is 0.232 e. The molecule has 2 rings (SSSR count). The zero-order chi connectivity index (χ0) is 11.5. The number of anilines is 1. The molecule has 1 saturated carbocycles. The average Bonchev–Trinajstić information content (AvgIpc) is 3.11. The first-order valence-electron chi connectivity index (χ1n) is 5.15. The van der Waals surface area contributed by atoms with Crippen molar-refractivity contribution in [3.05, 3.63) is 10.7 Å². The van der Waals surface area contributed by atoms with Gasteiger partial charge in [-0.3, -0.25) is 0 Å². The molecule has 0 radical (unpaired) electrons. The van der Waals surface area contributed by atoms with Gasteiger partial charge in [0.1, 0.15) is 0 Å². The van der Waals surface area contributed by atoms with E-state index in [0.29, 0.717) is 24.3 Å². The van der Waals surface area contributed by atoms with Crippen molar-refractivity contribution in [3.8, 4) is 5.88 Å². The van der Waals surface area contributed by atoms with E-state index in [1.807, 2.05) is 0 Å². The van der Waals surface area contributed by atoms with Crippen molar-refractivity contribution < 1.29 is 4.74 Å². The van der Waals surface area contributed by atoms with Gasteiger partial charge in [0, 0.05) is 6.54 Å². The third-order valence-electron chi connectivity index (χ3n) is 2.49. The van der Waals surface area contributed by atoms with Crippen LogP contribution in [0.1, 0.15) is 12.8 Å². The summed E-state index contributed by atoms with van der Waals surface area (Å²) in [6.45, 7) is 0.691. The first-order chi connectivity index (χ1) is 7.70. The van der Waals surface area contributed by atoms with E-state index in [4.69, 9.17) is 16.3 Å². The fraction of sp³-hybridized carbons (Fsp3) is 0.600. The van der Waals surface area contributed by atoms with Crippen LogP contribution in [-0.2, 0) is 0 Å². The Labute approximate surface area is 108 Å². The van der Waals surface area contributed by atoms with Crippen LogP contribution < -0.4 is 10.1 Å². The van der Waals surface area contributed by atoms with Gasteiger partial charge in [0.2, 0.25) is 11.8 Å². The highest BCUT2D eigenvalue weighted by Crippen LogP contribution is 2.35. The Morgan fingerprint density at radius 2 is 2.44 bits per heavy atom. The Morgan fingerprint density at radius 3 is 3.06 bits per heavy atom. The molecule has 0 saturated heterocycles. The van der Waals surface area contributed by atoms with Crippen molar-refractivity contribution in [1.82, 2.24) is 9.97 Å². The van der Waals surface area contributed by atoms with Gasteiger partial charge in [-0.25, -0.2) is 4.98 Å². The molecule has 6 heteroatoms. The molecule has 88 valence electrons. The maximum absolute atomic E-state index is 6.17. The van der Waals surface area contributed by atoms with E-state index < -0.39 is 0 Å². The number of alkyl halides is 1. The minimum Gasteiger partial charge on any atom is -0.480 e. The van der Waals surface area contributed by atoms with Gasteiger partial charge in [-0.05, 0) is 34.7 Å². The SMILES string of the molecule is COc1nc(NCC(Cl)C2CC2)ncc1Br. The monoisotopic (exact) mass is 305 g/mol. The zero-order valence-electron chi connectivity index (χ0n) is 8.91. The molecule has 1 aromatic heterocycles. The summed E-state index contributed by atoms with van der Waals surface area (Å²) in [5.41, 5.74) is 0. The number of methoxy groups -OCH3 is 1. The van der Waals surface area contributed by atoms with Gasteiger partial charge in [-0.1, -0.05) is 0 Å². The van der Waals surface area contributed by atoms with Crippen LogP contribution in [0.25, 0.3) is 0 Å². The van der Waals surface area contributed by atoms with Gasteiger partial charge in [0.05, 0.1) is 23.2 Å².